The summed E-state index contributed by atoms with van der Waals surface area (Å²) < 4.78 is 5.42. The molecule has 23 heavy (non-hydrogen) atoms. The Balaban J connectivity index is 2.00. The molecule has 1 aliphatic heterocycles. The minimum atomic E-state index is -0.993. The van der Waals surface area contributed by atoms with Crippen molar-refractivity contribution in [2.75, 3.05) is 24.5 Å². The highest BCUT2D eigenvalue weighted by molar-refractivity contribution is 5.87. The predicted octanol–water partition coefficient (Wildman–Crippen LogP) is 2.23. The van der Waals surface area contributed by atoms with Crippen LogP contribution in [0.3, 0.4) is 0 Å². The number of pyridine rings is 1. The fourth-order valence-electron chi connectivity index (χ4n) is 2.46. The third-order valence-electron chi connectivity index (χ3n) is 3.57. The molecule has 126 valence electrons. The first-order valence-corrected chi connectivity index (χ1v) is 7.61. The molecule has 1 fully saturated rings. The first-order valence-electron chi connectivity index (χ1n) is 7.61. The number of aromatic nitrogens is 1. The summed E-state index contributed by atoms with van der Waals surface area (Å²) in [4.78, 5) is 31.0. The second kappa shape index (κ2) is 6.44. The highest BCUT2D eigenvalue weighted by atomic mass is 16.6. The second-order valence-electron chi connectivity index (χ2n) is 6.68. The molecule has 0 saturated carbocycles. The molecule has 1 unspecified atom stereocenters. The van der Waals surface area contributed by atoms with Gasteiger partial charge in [-0.1, -0.05) is 0 Å². The van der Waals surface area contributed by atoms with Crippen molar-refractivity contribution in [2.45, 2.75) is 39.3 Å². The Labute approximate surface area is 135 Å². The largest absolute Gasteiger partial charge is 0.478 e. The van der Waals surface area contributed by atoms with Gasteiger partial charge in [-0.2, -0.15) is 0 Å². The van der Waals surface area contributed by atoms with E-state index in [1.807, 2.05) is 32.6 Å². The first kappa shape index (κ1) is 17.1. The van der Waals surface area contributed by atoms with Crippen LogP contribution in [0.15, 0.2) is 18.3 Å². The molecular weight excluding hydrogens is 298 g/mol. The number of carboxylic acids is 1. The zero-order valence-corrected chi connectivity index (χ0v) is 13.9. The van der Waals surface area contributed by atoms with E-state index >= 15 is 0 Å². The van der Waals surface area contributed by atoms with E-state index in [2.05, 4.69) is 4.98 Å². The molecule has 1 saturated heterocycles. The molecule has 1 aliphatic rings. The predicted molar refractivity (Wildman–Crippen MR) is 85.8 cm³/mol. The molecule has 1 amide bonds. The number of ether oxygens (including phenoxy) is 1. The fraction of sp³-hybridized carbons (Fsp3) is 0.562. The fourth-order valence-corrected chi connectivity index (χ4v) is 2.46. The Morgan fingerprint density at radius 1 is 1.30 bits per heavy atom. The van der Waals surface area contributed by atoms with Crippen LogP contribution in [-0.2, 0) is 4.74 Å². The molecule has 1 atom stereocenters. The maximum atomic E-state index is 12.2. The number of carbonyl (C=O) groups is 2. The Morgan fingerprint density at radius 2 is 2.00 bits per heavy atom. The summed E-state index contributed by atoms with van der Waals surface area (Å²) in [6, 6.07) is 3.22. The normalized spacial score (nSPS) is 18.7. The number of aromatic carboxylic acids is 1. The van der Waals surface area contributed by atoms with Crippen molar-refractivity contribution in [1.82, 2.24) is 9.88 Å². The van der Waals surface area contributed by atoms with Crippen LogP contribution in [0.2, 0.25) is 0 Å². The lowest BCUT2D eigenvalue weighted by atomic mass is 10.2. The number of hydrogen-bond donors (Lipinski definition) is 1. The third-order valence-corrected chi connectivity index (χ3v) is 3.57. The molecule has 0 aromatic carbocycles. The standard InChI is InChI=1S/C16H23N3O4/c1-11-10-18(13-6-5-12(9-17-13)14(20)21)7-8-19(11)15(22)23-16(2,3)4/h5-6,9,11H,7-8,10H2,1-4H3,(H,20,21). The number of carbonyl (C=O) groups excluding carboxylic acids is 1. The van der Waals surface area contributed by atoms with Gasteiger partial charge >= 0.3 is 12.1 Å². The molecule has 0 bridgehead atoms. The van der Waals surface area contributed by atoms with E-state index in [0.29, 0.717) is 25.5 Å². The zero-order valence-electron chi connectivity index (χ0n) is 13.9. The number of piperazine rings is 1. The number of hydrogen-bond acceptors (Lipinski definition) is 5. The Bertz CT molecular complexity index is 580. The Hall–Kier alpha value is -2.31. The lowest BCUT2D eigenvalue weighted by Gasteiger charge is -2.40. The SMILES string of the molecule is CC1CN(c2ccc(C(=O)O)cn2)CCN1C(=O)OC(C)(C)C. The van der Waals surface area contributed by atoms with E-state index in [1.165, 1.54) is 12.3 Å². The van der Waals surface area contributed by atoms with Gasteiger partial charge in [0.1, 0.15) is 11.4 Å². The van der Waals surface area contributed by atoms with Crippen molar-refractivity contribution in [3.63, 3.8) is 0 Å². The van der Waals surface area contributed by atoms with Crippen molar-refractivity contribution in [3.8, 4) is 0 Å². The summed E-state index contributed by atoms with van der Waals surface area (Å²) in [7, 11) is 0. The number of anilines is 1. The average Bonchev–Trinajstić information content (AvgIpc) is 2.45. The lowest BCUT2D eigenvalue weighted by Crippen LogP contribution is -2.55. The average molecular weight is 321 g/mol. The molecule has 1 aromatic rings. The van der Waals surface area contributed by atoms with E-state index in [4.69, 9.17) is 9.84 Å². The van der Waals surface area contributed by atoms with E-state index < -0.39 is 11.6 Å². The van der Waals surface area contributed by atoms with Gasteiger partial charge in [-0.15, -0.1) is 0 Å². The second-order valence-corrected chi connectivity index (χ2v) is 6.68. The molecule has 7 nitrogen and oxygen atoms in total. The van der Waals surface area contributed by atoms with Crippen LogP contribution in [0.5, 0.6) is 0 Å². The van der Waals surface area contributed by atoms with Crippen molar-refractivity contribution < 1.29 is 19.4 Å². The van der Waals surface area contributed by atoms with Crippen LogP contribution in [0.4, 0.5) is 10.6 Å². The monoisotopic (exact) mass is 321 g/mol. The highest BCUT2D eigenvalue weighted by Gasteiger charge is 2.31. The van der Waals surface area contributed by atoms with Gasteiger partial charge in [-0.3, -0.25) is 0 Å². The molecule has 0 spiro atoms. The van der Waals surface area contributed by atoms with Crippen LogP contribution >= 0.6 is 0 Å². The summed E-state index contributed by atoms with van der Waals surface area (Å²) >= 11 is 0. The van der Waals surface area contributed by atoms with Crippen LogP contribution in [0.25, 0.3) is 0 Å². The van der Waals surface area contributed by atoms with Gasteiger partial charge < -0.3 is 19.6 Å². The van der Waals surface area contributed by atoms with Crippen LogP contribution in [0, 0.1) is 0 Å². The molecule has 2 heterocycles. The minimum Gasteiger partial charge on any atom is -0.478 e. The van der Waals surface area contributed by atoms with Gasteiger partial charge in [-0.25, -0.2) is 14.6 Å². The van der Waals surface area contributed by atoms with E-state index in [-0.39, 0.29) is 17.7 Å². The molecule has 2 rings (SSSR count). The van der Waals surface area contributed by atoms with E-state index in [0.717, 1.165) is 0 Å². The first-order chi connectivity index (χ1) is 10.7. The molecule has 0 aliphatic carbocycles. The third kappa shape index (κ3) is 4.34. The smallest absolute Gasteiger partial charge is 0.410 e. The molecule has 0 radical (unpaired) electrons. The van der Waals surface area contributed by atoms with Crippen molar-refractivity contribution >= 4 is 17.9 Å². The number of nitrogens with zero attached hydrogens (tertiary/aromatic N) is 3. The summed E-state index contributed by atoms with van der Waals surface area (Å²) in [6.07, 6.45) is 1.04. The van der Waals surface area contributed by atoms with Crippen molar-refractivity contribution in [3.05, 3.63) is 23.9 Å². The van der Waals surface area contributed by atoms with Crippen LogP contribution in [0.1, 0.15) is 38.1 Å². The van der Waals surface area contributed by atoms with Crippen LogP contribution in [-0.4, -0.2) is 58.3 Å². The van der Waals surface area contributed by atoms with E-state index in [9.17, 15) is 9.59 Å². The quantitative estimate of drug-likeness (QED) is 0.899. The maximum absolute atomic E-state index is 12.2. The van der Waals surface area contributed by atoms with E-state index in [1.54, 1.807) is 11.0 Å². The van der Waals surface area contributed by atoms with Gasteiger partial charge in [0.05, 0.1) is 5.56 Å². The Morgan fingerprint density at radius 3 is 2.48 bits per heavy atom. The number of rotatable bonds is 2. The van der Waals surface area contributed by atoms with Gasteiger partial charge in [0.15, 0.2) is 0 Å². The number of amides is 1. The molecule has 1 N–H and O–H groups in total. The zero-order chi connectivity index (χ0) is 17.2. The van der Waals surface area contributed by atoms with Gasteiger partial charge in [0.25, 0.3) is 0 Å². The van der Waals surface area contributed by atoms with Gasteiger partial charge in [-0.05, 0) is 39.8 Å². The van der Waals surface area contributed by atoms with Crippen molar-refractivity contribution in [1.29, 1.82) is 0 Å². The molecular formula is C16H23N3O4. The lowest BCUT2D eigenvalue weighted by molar-refractivity contribution is 0.0158. The highest BCUT2D eigenvalue weighted by Crippen LogP contribution is 2.19. The number of carboxylic acid groups (broad SMARTS) is 1. The summed E-state index contributed by atoms with van der Waals surface area (Å²) in [6.45, 7) is 9.29. The Kier molecular flexibility index (Phi) is 4.77. The van der Waals surface area contributed by atoms with Gasteiger partial charge in [0, 0.05) is 31.9 Å². The maximum Gasteiger partial charge on any atom is 0.410 e. The summed E-state index contributed by atoms with van der Waals surface area (Å²) in [5.74, 6) is -0.280. The molecule has 7 heteroatoms. The topological polar surface area (TPSA) is 83.0 Å². The molecule has 1 aromatic heterocycles. The van der Waals surface area contributed by atoms with Crippen LogP contribution < -0.4 is 4.90 Å². The van der Waals surface area contributed by atoms with Crippen molar-refractivity contribution in [2.24, 2.45) is 0 Å². The summed E-state index contributed by atoms with van der Waals surface area (Å²) in [5.41, 5.74) is -0.350. The minimum absolute atomic E-state index is 0.0143. The summed E-state index contributed by atoms with van der Waals surface area (Å²) in [5, 5.41) is 8.91. The van der Waals surface area contributed by atoms with Gasteiger partial charge in [0.2, 0.25) is 0 Å².